The first kappa shape index (κ1) is 11.6. The van der Waals surface area contributed by atoms with E-state index in [-0.39, 0.29) is 0 Å². The lowest BCUT2D eigenvalue weighted by Crippen LogP contribution is -2.05. The van der Waals surface area contributed by atoms with Gasteiger partial charge in [0.2, 0.25) is 0 Å². The van der Waals surface area contributed by atoms with Gasteiger partial charge >= 0.3 is 0 Å². The predicted molar refractivity (Wildman–Crippen MR) is 79.9 cm³/mol. The second-order valence-electron chi connectivity index (χ2n) is 5.74. The van der Waals surface area contributed by atoms with E-state index in [4.69, 9.17) is 0 Å². The second kappa shape index (κ2) is 4.75. The molecule has 0 amide bonds. The van der Waals surface area contributed by atoms with Crippen molar-refractivity contribution in [1.29, 1.82) is 0 Å². The molecule has 0 saturated heterocycles. The number of anilines is 1. The first-order chi connectivity index (χ1) is 9.42. The minimum atomic E-state index is 0.655. The van der Waals surface area contributed by atoms with Crippen LogP contribution in [0.25, 0.3) is 10.2 Å². The van der Waals surface area contributed by atoms with Crippen LogP contribution in [0.1, 0.15) is 49.0 Å². The monoisotopic (exact) mass is 273 g/mol. The van der Waals surface area contributed by atoms with Gasteiger partial charge in [0.05, 0.1) is 5.39 Å². The number of hydrogen-bond donors (Lipinski definition) is 1. The summed E-state index contributed by atoms with van der Waals surface area (Å²) in [5.41, 5.74) is 1.54. The summed E-state index contributed by atoms with van der Waals surface area (Å²) in [5.74, 6) is 1.09. The van der Waals surface area contributed by atoms with Crippen LogP contribution in [0.4, 0.5) is 5.82 Å². The van der Waals surface area contributed by atoms with Crippen molar-refractivity contribution in [3.63, 3.8) is 0 Å². The molecule has 0 aliphatic heterocycles. The molecule has 0 atom stereocenters. The van der Waals surface area contributed by atoms with Gasteiger partial charge in [-0.3, -0.25) is 0 Å². The predicted octanol–water partition coefficient (Wildman–Crippen LogP) is 3.92. The molecule has 0 bridgehead atoms. The second-order valence-corrected chi connectivity index (χ2v) is 6.82. The zero-order valence-electron chi connectivity index (χ0n) is 11.1. The van der Waals surface area contributed by atoms with Crippen LogP contribution >= 0.6 is 11.3 Å². The molecule has 2 aromatic heterocycles. The largest absolute Gasteiger partial charge is 0.367 e. The van der Waals surface area contributed by atoms with Gasteiger partial charge < -0.3 is 5.32 Å². The van der Waals surface area contributed by atoms with Gasteiger partial charge in [0, 0.05) is 10.9 Å². The lowest BCUT2D eigenvalue weighted by Gasteiger charge is -2.11. The Morgan fingerprint density at radius 1 is 1.05 bits per heavy atom. The standard InChI is InChI=1S/C15H19N3S/c1-2-4-6-12-11(5-3-1)13-14(18-10-7-8-10)16-9-17-15(13)19-12/h9-10H,1-8H2,(H,16,17,18). The summed E-state index contributed by atoms with van der Waals surface area (Å²) in [5, 5.41) is 4.92. The highest BCUT2D eigenvalue weighted by Gasteiger charge is 2.24. The van der Waals surface area contributed by atoms with Gasteiger partial charge in [0.25, 0.3) is 0 Å². The van der Waals surface area contributed by atoms with E-state index in [2.05, 4.69) is 15.3 Å². The molecule has 1 N–H and O–H groups in total. The first-order valence-electron chi connectivity index (χ1n) is 7.43. The number of nitrogens with zero attached hydrogens (tertiary/aromatic N) is 2. The van der Waals surface area contributed by atoms with Crippen LogP contribution in [0.5, 0.6) is 0 Å². The summed E-state index contributed by atoms with van der Waals surface area (Å²) >= 11 is 1.89. The van der Waals surface area contributed by atoms with Gasteiger partial charge in [0.15, 0.2) is 0 Å². The van der Waals surface area contributed by atoms with Crippen LogP contribution in [0.3, 0.4) is 0 Å². The summed E-state index contributed by atoms with van der Waals surface area (Å²) in [7, 11) is 0. The fourth-order valence-corrected chi connectivity index (χ4v) is 4.20. The molecule has 0 spiro atoms. The summed E-state index contributed by atoms with van der Waals surface area (Å²) in [6, 6.07) is 0.655. The Hall–Kier alpha value is -1.16. The summed E-state index contributed by atoms with van der Waals surface area (Å²) < 4.78 is 0. The quantitative estimate of drug-likeness (QED) is 0.901. The van der Waals surface area contributed by atoms with Gasteiger partial charge in [-0.25, -0.2) is 9.97 Å². The van der Waals surface area contributed by atoms with Gasteiger partial charge in [-0.1, -0.05) is 12.8 Å². The number of thiophene rings is 1. The highest BCUT2D eigenvalue weighted by atomic mass is 32.1. The maximum atomic E-state index is 4.51. The summed E-state index contributed by atoms with van der Waals surface area (Å²) in [6.07, 6.45) is 12.1. The molecule has 1 saturated carbocycles. The average molecular weight is 273 g/mol. The van der Waals surface area contributed by atoms with E-state index in [0.717, 1.165) is 5.82 Å². The Bertz CT molecular complexity index is 601. The van der Waals surface area contributed by atoms with E-state index in [1.165, 1.54) is 61.6 Å². The number of hydrogen-bond acceptors (Lipinski definition) is 4. The number of nitrogens with one attached hydrogen (secondary N) is 1. The highest BCUT2D eigenvalue weighted by Crippen LogP contribution is 2.38. The van der Waals surface area contributed by atoms with E-state index >= 15 is 0 Å². The Morgan fingerprint density at radius 3 is 2.74 bits per heavy atom. The Morgan fingerprint density at radius 2 is 1.89 bits per heavy atom. The first-order valence-corrected chi connectivity index (χ1v) is 8.25. The van der Waals surface area contributed by atoms with Crippen molar-refractivity contribution in [1.82, 2.24) is 9.97 Å². The topological polar surface area (TPSA) is 37.8 Å². The smallest absolute Gasteiger partial charge is 0.138 e. The third-order valence-corrected chi connectivity index (χ3v) is 5.37. The van der Waals surface area contributed by atoms with Crippen LogP contribution in [-0.2, 0) is 12.8 Å². The van der Waals surface area contributed by atoms with Gasteiger partial charge in [0.1, 0.15) is 17.0 Å². The molecule has 0 unspecified atom stereocenters. The maximum absolute atomic E-state index is 4.51. The van der Waals surface area contributed by atoms with E-state index in [9.17, 15) is 0 Å². The molecular formula is C15H19N3S. The van der Waals surface area contributed by atoms with Crippen molar-refractivity contribution >= 4 is 27.4 Å². The van der Waals surface area contributed by atoms with E-state index in [1.54, 1.807) is 16.8 Å². The van der Waals surface area contributed by atoms with E-state index in [0.29, 0.717) is 6.04 Å². The summed E-state index contributed by atoms with van der Waals surface area (Å²) in [6.45, 7) is 0. The number of fused-ring (bicyclic) bond motifs is 3. The lowest BCUT2D eigenvalue weighted by molar-refractivity contribution is 0.624. The van der Waals surface area contributed by atoms with Crippen LogP contribution in [0, 0.1) is 0 Å². The third kappa shape index (κ3) is 2.22. The molecule has 4 heteroatoms. The molecule has 19 heavy (non-hydrogen) atoms. The van der Waals surface area contributed by atoms with E-state index in [1.807, 2.05) is 11.3 Å². The SMILES string of the molecule is c1nc(NC2CC2)c2c3c(sc2n1)CCCCCC3. The van der Waals surface area contributed by atoms with Crippen molar-refractivity contribution in [3.8, 4) is 0 Å². The van der Waals surface area contributed by atoms with Crippen molar-refractivity contribution in [2.24, 2.45) is 0 Å². The van der Waals surface area contributed by atoms with Gasteiger partial charge in [-0.05, 0) is 44.1 Å². The molecule has 4 rings (SSSR count). The number of rotatable bonds is 2. The Labute approximate surface area is 117 Å². The zero-order chi connectivity index (χ0) is 12.7. The van der Waals surface area contributed by atoms with Crippen molar-refractivity contribution < 1.29 is 0 Å². The molecule has 2 aliphatic carbocycles. The minimum Gasteiger partial charge on any atom is -0.367 e. The molecule has 2 heterocycles. The van der Waals surface area contributed by atoms with Crippen molar-refractivity contribution in [2.45, 2.75) is 57.4 Å². The zero-order valence-corrected chi connectivity index (χ0v) is 11.9. The molecule has 2 aliphatic rings. The van der Waals surface area contributed by atoms with Crippen molar-refractivity contribution in [3.05, 3.63) is 16.8 Å². The van der Waals surface area contributed by atoms with Crippen LogP contribution in [-0.4, -0.2) is 16.0 Å². The van der Waals surface area contributed by atoms with Gasteiger partial charge in [-0.2, -0.15) is 0 Å². The summed E-state index contributed by atoms with van der Waals surface area (Å²) in [4.78, 5) is 11.8. The maximum Gasteiger partial charge on any atom is 0.138 e. The van der Waals surface area contributed by atoms with Crippen LogP contribution in [0.2, 0.25) is 0 Å². The normalized spacial score (nSPS) is 19.8. The fraction of sp³-hybridized carbons (Fsp3) is 0.600. The molecule has 1 fully saturated rings. The lowest BCUT2D eigenvalue weighted by atomic mass is 9.98. The van der Waals surface area contributed by atoms with Crippen LogP contribution in [0.15, 0.2) is 6.33 Å². The molecule has 0 aromatic carbocycles. The number of aryl methyl sites for hydroxylation is 2. The average Bonchev–Trinajstić information content (AvgIpc) is 3.13. The molecule has 100 valence electrons. The highest BCUT2D eigenvalue weighted by molar-refractivity contribution is 7.18. The fourth-order valence-electron chi connectivity index (χ4n) is 2.97. The van der Waals surface area contributed by atoms with Crippen LogP contribution < -0.4 is 5.32 Å². The van der Waals surface area contributed by atoms with Gasteiger partial charge in [-0.15, -0.1) is 11.3 Å². The molecule has 0 radical (unpaired) electrons. The van der Waals surface area contributed by atoms with Crippen molar-refractivity contribution in [2.75, 3.05) is 5.32 Å². The third-order valence-electron chi connectivity index (χ3n) is 4.17. The Kier molecular flexibility index (Phi) is 2.91. The molecule has 2 aromatic rings. The van der Waals surface area contributed by atoms with E-state index < -0.39 is 0 Å². The molecule has 3 nitrogen and oxygen atoms in total. The Balaban J connectivity index is 1.83. The minimum absolute atomic E-state index is 0.655. The molecular weight excluding hydrogens is 254 g/mol. The number of aromatic nitrogens is 2.